The first kappa shape index (κ1) is 9.46. The van der Waals surface area contributed by atoms with Crippen LogP contribution in [0.1, 0.15) is 26.7 Å². The molecule has 3 heteroatoms. The van der Waals surface area contributed by atoms with Crippen molar-refractivity contribution in [2.45, 2.75) is 26.7 Å². The fraction of sp³-hybridized carbons (Fsp3) is 0.545. The standard InChI is InChI=1S/C11H15NO2/c1-11(2)5-4-10(13)9(8-11)12-6-3-7-14-12/h3,6,8H,4-5,7H2,1-2H3. The van der Waals surface area contributed by atoms with Crippen molar-refractivity contribution in [3.63, 3.8) is 0 Å². The van der Waals surface area contributed by atoms with Crippen LogP contribution in [0.4, 0.5) is 0 Å². The maximum Gasteiger partial charge on any atom is 0.181 e. The normalized spacial score (nSPS) is 25.4. The predicted octanol–water partition coefficient (Wildman–Crippen LogP) is 2.02. The lowest BCUT2D eigenvalue weighted by molar-refractivity contribution is -0.126. The van der Waals surface area contributed by atoms with Crippen molar-refractivity contribution in [2.24, 2.45) is 5.41 Å². The minimum absolute atomic E-state index is 0.100. The molecule has 0 amide bonds. The minimum atomic E-state index is 0.100. The van der Waals surface area contributed by atoms with Crippen molar-refractivity contribution < 1.29 is 9.63 Å². The van der Waals surface area contributed by atoms with Crippen molar-refractivity contribution in [1.82, 2.24) is 5.06 Å². The SMILES string of the molecule is CC1(C)C=C(N2C=CCO2)C(=O)CC1. The Bertz CT molecular complexity index is 315. The van der Waals surface area contributed by atoms with Crippen LogP contribution in [-0.2, 0) is 9.63 Å². The second-order valence-electron chi connectivity index (χ2n) is 4.45. The van der Waals surface area contributed by atoms with Gasteiger partial charge in [0.25, 0.3) is 0 Å². The molecule has 0 aromatic heterocycles. The zero-order chi connectivity index (χ0) is 10.2. The highest BCUT2D eigenvalue weighted by molar-refractivity contribution is 5.95. The zero-order valence-electron chi connectivity index (χ0n) is 8.62. The van der Waals surface area contributed by atoms with Crippen LogP contribution in [-0.4, -0.2) is 17.5 Å². The smallest absolute Gasteiger partial charge is 0.181 e. The number of ketones is 1. The predicted molar refractivity (Wildman–Crippen MR) is 53.0 cm³/mol. The third-order valence-electron chi connectivity index (χ3n) is 2.60. The van der Waals surface area contributed by atoms with E-state index >= 15 is 0 Å². The van der Waals surface area contributed by atoms with E-state index in [0.29, 0.717) is 18.7 Å². The molecule has 1 heterocycles. The average molecular weight is 193 g/mol. The van der Waals surface area contributed by atoms with Crippen LogP contribution in [0.2, 0.25) is 0 Å². The molecule has 0 saturated carbocycles. The zero-order valence-corrected chi connectivity index (χ0v) is 8.62. The Labute approximate surface area is 84.0 Å². The molecule has 0 N–H and O–H groups in total. The van der Waals surface area contributed by atoms with Gasteiger partial charge in [-0.2, -0.15) is 0 Å². The highest BCUT2D eigenvalue weighted by Gasteiger charge is 2.29. The number of carbonyl (C=O) groups is 1. The summed E-state index contributed by atoms with van der Waals surface area (Å²) in [6.45, 7) is 4.84. The molecule has 0 bridgehead atoms. The van der Waals surface area contributed by atoms with E-state index in [1.54, 1.807) is 5.06 Å². The summed E-state index contributed by atoms with van der Waals surface area (Å²) in [5.41, 5.74) is 0.790. The van der Waals surface area contributed by atoms with Gasteiger partial charge < -0.3 is 0 Å². The van der Waals surface area contributed by atoms with Gasteiger partial charge in [0, 0.05) is 12.6 Å². The number of rotatable bonds is 1. The molecule has 1 aliphatic carbocycles. The van der Waals surface area contributed by atoms with Crippen molar-refractivity contribution >= 4 is 5.78 Å². The Balaban J connectivity index is 2.26. The van der Waals surface area contributed by atoms with E-state index in [2.05, 4.69) is 13.8 Å². The van der Waals surface area contributed by atoms with Crippen LogP contribution in [0.3, 0.4) is 0 Å². The second kappa shape index (κ2) is 3.24. The summed E-state index contributed by atoms with van der Waals surface area (Å²) in [5, 5.41) is 1.59. The Kier molecular flexibility index (Phi) is 2.19. The van der Waals surface area contributed by atoms with E-state index in [4.69, 9.17) is 4.84 Å². The molecular formula is C11H15NO2. The number of hydroxylamine groups is 2. The minimum Gasteiger partial charge on any atom is -0.292 e. The molecule has 76 valence electrons. The molecule has 0 aromatic carbocycles. The molecule has 0 aromatic rings. The number of hydrogen-bond donors (Lipinski definition) is 0. The fourth-order valence-electron chi connectivity index (χ4n) is 1.73. The van der Waals surface area contributed by atoms with Crippen LogP contribution in [0, 0.1) is 5.41 Å². The Hall–Kier alpha value is -1.09. The molecule has 2 aliphatic rings. The van der Waals surface area contributed by atoms with E-state index in [1.165, 1.54) is 0 Å². The molecule has 0 saturated heterocycles. The Morgan fingerprint density at radius 1 is 1.50 bits per heavy atom. The Morgan fingerprint density at radius 3 is 2.93 bits per heavy atom. The topological polar surface area (TPSA) is 29.5 Å². The van der Waals surface area contributed by atoms with Crippen molar-refractivity contribution in [1.29, 1.82) is 0 Å². The second-order valence-corrected chi connectivity index (χ2v) is 4.45. The summed E-state index contributed by atoms with van der Waals surface area (Å²) >= 11 is 0. The van der Waals surface area contributed by atoms with E-state index in [-0.39, 0.29) is 11.2 Å². The average Bonchev–Trinajstić information content (AvgIpc) is 2.62. The number of allylic oxidation sites excluding steroid dienone is 2. The molecular weight excluding hydrogens is 178 g/mol. The van der Waals surface area contributed by atoms with Crippen LogP contribution < -0.4 is 0 Å². The molecule has 0 atom stereocenters. The van der Waals surface area contributed by atoms with Gasteiger partial charge in [-0.05, 0) is 24.0 Å². The van der Waals surface area contributed by atoms with Gasteiger partial charge in [-0.15, -0.1) is 0 Å². The van der Waals surface area contributed by atoms with Crippen LogP contribution in [0.15, 0.2) is 24.0 Å². The highest BCUT2D eigenvalue weighted by atomic mass is 16.7. The number of Topliss-reactive ketones (excluding diaryl/α,β-unsaturated/α-hetero) is 1. The van der Waals surface area contributed by atoms with E-state index < -0.39 is 0 Å². The maximum atomic E-state index is 11.6. The summed E-state index contributed by atoms with van der Waals surface area (Å²) in [6.07, 6.45) is 7.26. The van der Waals surface area contributed by atoms with Crippen molar-refractivity contribution in [3.05, 3.63) is 24.0 Å². The van der Waals surface area contributed by atoms with E-state index in [0.717, 1.165) is 6.42 Å². The summed E-state index contributed by atoms with van der Waals surface area (Å²) in [4.78, 5) is 16.9. The summed E-state index contributed by atoms with van der Waals surface area (Å²) < 4.78 is 0. The quantitative estimate of drug-likeness (QED) is 0.638. The van der Waals surface area contributed by atoms with Gasteiger partial charge in [0.1, 0.15) is 5.70 Å². The number of nitrogens with zero attached hydrogens (tertiary/aromatic N) is 1. The first-order valence-corrected chi connectivity index (χ1v) is 4.93. The van der Waals surface area contributed by atoms with Gasteiger partial charge in [0.2, 0.25) is 0 Å². The summed E-state index contributed by atoms with van der Waals surface area (Å²) in [5.74, 6) is 0.177. The first-order chi connectivity index (χ1) is 6.58. The summed E-state index contributed by atoms with van der Waals surface area (Å²) in [7, 11) is 0. The number of hydrogen-bond acceptors (Lipinski definition) is 3. The van der Waals surface area contributed by atoms with Crippen LogP contribution in [0.25, 0.3) is 0 Å². The van der Waals surface area contributed by atoms with E-state index in [9.17, 15) is 4.79 Å². The largest absolute Gasteiger partial charge is 0.292 e. The van der Waals surface area contributed by atoms with Crippen LogP contribution >= 0.6 is 0 Å². The third-order valence-corrected chi connectivity index (χ3v) is 2.60. The van der Waals surface area contributed by atoms with E-state index in [1.807, 2.05) is 18.4 Å². The van der Waals surface area contributed by atoms with Crippen molar-refractivity contribution in [2.75, 3.05) is 6.61 Å². The van der Waals surface area contributed by atoms with Gasteiger partial charge in [0.05, 0.1) is 6.61 Å². The van der Waals surface area contributed by atoms with Gasteiger partial charge in [-0.25, -0.2) is 5.06 Å². The van der Waals surface area contributed by atoms with Gasteiger partial charge in [-0.3, -0.25) is 9.63 Å². The lowest BCUT2D eigenvalue weighted by Gasteiger charge is -2.29. The highest BCUT2D eigenvalue weighted by Crippen LogP contribution is 2.33. The molecule has 0 spiro atoms. The van der Waals surface area contributed by atoms with Crippen LogP contribution in [0.5, 0.6) is 0 Å². The van der Waals surface area contributed by atoms with Gasteiger partial charge >= 0.3 is 0 Å². The Morgan fingerprint density at radius 2 is 2.29 bits per heavy atom. The first-order valence-electron chi connectivity index (χ1n) is 4.93. The van der Waals surface area contributed by atoms with Gasteiger partial charge in [0.15, 0.2) is 5.78 Å². The van der Waals surface area contributed by atoms with Crippen molar-refractivity contribution in [3.8, 4) is 0 Å². The molecule has 1 aliphatic heterocycles. The third kappa shape index (κ3) is 1.73. The van der Waals surface area contributed by atoms with Gasteiger partial charge in [-0.1, -0.05) is 13.8 Å². The number of carbonyl (C=O) groups excluding carboxylic acids is 1. The molecule has 2 rings (SSSR count). The lowest BCUT2D eigenvalue weighted by Crippen LogP contribution is -2.28. The molecule has 3 nitrogen and oxygen atoms in total. The maximum absolute atomic E-state index is 11.6. The molecule has 0 unspecified atom stereocenters. The monoisotopic (exact) mass is 193 g/mol. The fourth-order valence-corrected chi connectivity index (χ4v) is 1.73. The molecule has 0 radical (unpaired) electrons. The molecule has 14 heavy (non-hydrogen) atoms. The lowest BCUT2D eigenvalue weighted by atomic mass is 9.81. The molecule has 0 fully saturated rings. The summed E-state index contributed by atoms with van der Waals surface area (Å²) in [6, 6.07) is 0.